The SMILES string of the molecule is c1ccc(-c2ccc(-c3nc(-c4cccc(-c5ccccc5)c4)nc(-c4ccc5c(c4)oc4ccccc45)n3)cc2)cc1. The van der Waals surface area contributed by atoms with Gasteiger partial charge in [0.2, 0.25) is 0 Å². The predicted octanol–water partition coefficient (Wildman–Crippen LogP) is 10.1. The summed E-state index contributed by atoms with van der Waals surface area (Å²) in [5.41, 5.74) is 8.96. The number of hydrogen-bond acceptors (Lipinski definition) is 4. The van der Waals surface area contributed by atoms with Crippen LogP contribution in [0.3, 0.4) is 0 Å². The van der Waals surface area contributed by atoms with Gasteiger partial charge >= 0.3 is 0 Å². The topological polar surface area (TPSA) is 51.8 Å². The van der Waals surface area contributed by atoms with Gasteiger partial charge in [-0.15, -0.1) is 0 Å². The molecule has 0 aliphatic carbocycles. The van der Waals surface area contributed by atoms with Crippen molar-refractivity contribution in [1.29, 1.82) is 0 Å². The zero-order valence-electron chi connectivity index (χ0n) is 23.2. The van der Waals surface area contributed by atoms with Crippen LogP contribution in [0.15, 0.2) is 156 Å². The maximum Gasteiger partial charge on any atom is 0.164 e. The van der Waals surface area contributed by atoms with Gasteiger partial charge < -0.3 is 4.42 Å². The highest BCUT2D eigenvalue weighted by Gasteiger charge is 2.15. The fourth-order valence-corrected chi connectivity index (χ4v) is 5.54. The Bertz CT molecular complexity index is 2220. The molecule has 0 radical (unpaired) electrons. The molecule has 4 nitrogen and oxygen atoms in total. The summed E-state index contributed by atoms with van der Waals surface area (Å²) in [6.45, 7) is 0. The zero-order chi connectivity index (χ0) is 28.6. The minimum Gasteiger partial charge on any atom is -0.456 e. The molecule has 0 amide bonds. The van der Waals surface area contributed by atoms with Crippen LogP contribution in [0.2, 0.25) is 0 Å². The molecule has 0 aliphatic heterocycles. The van der Waals surface area contributed by atoms with E-state index < -0.39 is 0 Å². The van der Waals surface area contributed by atoms with E-state index >= 15 is 0 Å². The van der Waals surface area contributed by atoms with Crippen molar-refractivity contribution >= 4 is 21.9 Å². The van der Waals surface area contributed by atoms with E-state index in [2.05, 4.69) is 115 Å². The second kappa shape index (κ2) is 10.5. The van der Waals surface area contributed by atoms with Crippen molar-refractivity contribution in [2.24, 2.45) is 0 Å². The highest BCUT2D eigenvalue weighted by atomic mass is 16.3. The van der Waals surface area contributed by atoms with Crippen LogP contribution >= 0.6 is 0 Å². The molecule has 0 bridgehead atoms. The van der Waals surface area contributed by atoms with Gasteiger partial charge in [0.15, 0.2) is 17.5 Å². The molecule has 0 atom stereocenters. The molecule has 0 fully saturated rings. The maximum atomic E-state index is 6.19. The maximum absolute atomic E-state index is 6.19. The van der Waals surface area contributed by atoms with Gasteiger partial charge in [0, 0.05) is 27.5 Å². The van der Waals surface area contributed by atoms with Gasteiger partial charge in [-0.25, -0.2) is 15.0 Å². The van der Waals surface area contributed by atoms with Gasteiger partial charge in [-0.3, -0.25) is 0 Å². The van der Waals surface area contributed by atoms with Gasteiger partial charge in [0.1, 0.15) is 11.2 Å². The van der Waals surface area contributed by atoms with E-state index in [0.29, 0.717) is 17.5 Å². The molecule has 2 aromatic heterocycles. The molecule has 0 saturated carbocycles. The second-order valence-corrected chi connectivity index (χ2v) is 10.5. The largest absolute Gasteiger partial charge is 0.456 e. The standard InChI is InChI=1S/C39H25N3O/c1-3-10-26(11-4-1)28-18-20-29(21-19-28)37-40-38(31-15-9-14-30(24-31)27-12-5-2-6-13-27)42-39(41-37)32-22-23-34-33-16-7-8-17-35(33)43-36(34)25-32/h1-25H. The van der Waals surface area contributed by atoms with Crippen molar-refractivity contribution in [3.05, 3.63) is 152 Å². The third-order valence-corrected chi connectivity index (χ3v) is 7.75. The quantitative estimate of drug-likeness (QED) is 0.214. The van der Waals surface area contributed by atoms with E-state index in [1.165, 1.54) is 5.56 Å². The Morgan fingerprint density at radius 1 is 0.302 bits per heavy atom. The van der Waals surface area contributed by atoms with Gasteiger partial charge in [-0.05, 0) is 46.5 Å². The fourth-order valence-electron chi connectivity index (χ4n) is 5.54. The summed E-state index contributed by atoms with van der Waals surface area (Å²) in [5.74, 6) is 1.84. The van der Waals surface area contributed by atoms with Gasteiger partial charge in [-0.2, -0.15) is 0 Å². The van der Waals surface area contributed by atoms with E-state index in [1.807, 2.05) is 36.4 Å². The third kappa shape index (κ3) is 4.75. The number of aromatic nitrogens is 3. The molecule has 202 valence electrons. The molecule has 4 heteroatoms. The fraction of sp³-hybridized carbons (Fsp3) is 0. The Morgan fingerprint density at radius 2 is 0.767 bits per heavy atom. The number of nitrogens with zero attached hydrogens (tertiary/aromatic N) is 3. The van der Waals surface area contributed by atoms with E-state index in [9.17, 15) is 0 Å². The molecule has 43 heavy (non-hydrogen) atoms. The lowest BCUT2D eigenvalue weighted by Gasteiger charge is -2.10. The highest BCUT2D eigenvalue weighted by molar-refractivity contribution is 6.05. The first-order valence-electron chi connectivity index (χ1n) is 14.3. The van der Waals surface area contributed by atoms with Gasteiger partial charge in [0.05, 0.1) is 0 Å². The Balaban J connectivity index is 1.27. The molecular formula is C39H25N3O. The number of fused-ring (bicyclic) bond motifs is 3. The van der Waals surface area contributed by atoms with Crippen LogP contribution in [-0.2, 0) is 0 Å². The first-order valence-corrected chi connectivity index (χ1v) is 14.3. The van der Waals surface area contributed by atoms with Crippen LogP contribution in [0.25, 0.3) is 78.4 Å². The molecule has 6 aromatic carbocycles. The van der Waals surface area contributed by atoms with Crippen molar-refractivity contribution in [3.8, 4) is 56.4 Å². The molecule has 0 aliphatic rings. The van der Waals surface area contributed by atoms with E-state index in [4.69, 9.17) is 19.4 Å². The zero-order valence-corrected chi connectivity index (χ0v) is 23.2. The number of benzene rings is 6. The van der Waals surface area contributed by atoms with Crippen molar-refractivity contribution in [3.63, 3.8) is 0 Å². The van der Waals surface area contributed by atoms with E-state index in [-0.39, 0.29) is 0 Å². The first kappa shape index (κ1) is 24.9. The summed E-state index contributed by atoms with van der Waals surface area (Å²) in [6.07, 6.45) is 0. The van der Waals surface area contributed by atoms with E-state index in [0.717, 1.165) is 55.3 Å². The summed E-state index contributed by atoms with van der Waals surface area (Å²) < 4.78 is 6.19. The van der Waals surface area contributed by atoms with Crippen LogP contribution in [-0.4, -0.2) is 15.0 Å². The lowest BCUT2D eigenvalue weighted by atomic mass is 10.0. The van der Waals surface area contributed by atoms with Crippen LogP contribution in [0.4, 0.5) is 0 Å². The Kier molecular flexibility index (Phi) is 6.08. The minimum atomic E-state index is 0.597. The van der Waals surface area contributed by atoms with Crippen molar-refractivity contribution in [2.75, 3.05) is 0 Å². The van der Waals surface area contributed by atoms with Gasteiger partial charge in [-0.1, -0.05) is 127 Å². The molecule has 0 N–H and O–H groups in total. The minimum absolute atomic E-state index is 0.597. The van der Waals surface area contributed by atoms with Crippen molar-refractivity contribution in [2.45, 2.75) is 0 Å². The molecular weight excluding hydrogens is 526 g/mol. The Hall–Kier alpha value is -5.87. The van der Waals surface area contributed by atoms with Crippen molar-refractivity contribution < 1.29 is 4.42 Å². The van der Waals surface area contributed by atoms with Crippen LogP contribution in [0, 0.1) is 0 Å². The van der Waals surface area contributed by atoms with Crippen LogP contribution < -0.4 is 0 Å². The van der Waals surface area contributed by atoms with E-state index in [1.54, 1.807) is 0 Å². The molecule has 0 saturated heterocycles. The molecule has 8 rings (SSSR count). The second-order valence-electron chi connectivity index (χ2n) is 10.5. The van der Waals surface area contributed by atoms with Gasteiger partial charge in [0.25, 0.3) is 0 Å². The summed E-state index contributed by atoms with van der Waals surface area (Å²) in [5, 5.41) is 2.17. The molecule has 8 aromatic rings. The normalized spacial score (nSPS) is 11.3. The number of rotatable bonds is 5. The summed E-state index contributed by atoms with van der Waals surface area (Å²) >= 11 is 0. The third-order valence-electron chi connectivity index (χ3n) is 7.75. The van der Waals surface area contributed by atoms with Crippen molar-refractivity contribution in [1.82, 2.24) is 15.0 Å². The summed E-state index contributed by atoms with van der Waals surface area (Å²) in [6, 6.07) is 51.7. The Morgan fingerprint density at radius 3 is 1.49 bits per heavy atom. The number of hydrogen-bond donors (Lipinski definition) is 0. The molecule has 0 unspecified atom stereocenters. The van der Waals surface area contributed by atoms with Crippen LogP contribution in [0.5, 0.6) is 0 Å². The first-order chi connectivity index (χ1) is 21.3. The number of para-hydroxylation sites is 1. The summed E-state index contributed by atoms with van der Waals surface area (Å²) in [7, 11) is 0. The smallest absolute Gasteiger partial charge is 0.164 e. The number of furan rings is 1. The lowest BCUT2D eigenvalue weighted by Crippen LogP contribution is -2.00. The molecule has 2 heterocycles. The molecule has 0 spiro atoms. The average molecular weight is 552 g/mol. The average Bonchev–Trinajstić information content (AvgIpc) is 3.47. The van der Waals surface area contributed by atoms with Crippen LogP contribution in [0.1, 0.15) is 0 Å². The lowest BCUT2D eigenvalue weighted by molar-refractivity contribution is 0.669. The summed E-state index contributed by atoms with van der Waals surface area (Å²) in [4.78, 5) is 15.0. The predicted molar refractivity (Wildman–Crippen MR) is 174 cm³/mol. The monoisotopic (exact) mass is 551 g/mol. The highest BCUT2D eigenvalue weighted by Crippen LogP contribution is 2.33. The Labute approximate surface area is 249 Å².